The molecule has 1 heterocycles. The molecule has 0 spiro atoms. The Labute approximate surface area is 144 Å². The molecule has 0 unspecified atom stereocenters. The number of anilines is 1. The summed E-state index contributed by atoms with van der Waals surface area (Å²) < 4.78 is 3.32. The molecule has 0 radical (unpaired) electrons. The molecule has 0 aliphatic rings. The van der Waals surface area contributed by atoms with Crippen LogP contribution in [0, 0.1) is 13.8 Å². The van der Waals surface area contributed by atoms with Gasteiger partial charge in [-0.1, -0.05) is 12.1 Å². The molecule has 4 nitrogen and oxygen atoms in total. The molecule has 24 heavy (non-hydrogen) atoms. The van der Waals surface area contributed by atoms with Crippen LogP contribution in [0.2, 0.25) is 0 Å². The van der Waals surface area contributed by atoms with Crippen molar-refractivity contribution in [2.45, 2.75) is 27.7 Å². The molecule has 128 valence electrons. The Balaban J connectivity index is 2.34. The van der Waals surface area contributed by atoms with E-state index in [4.69, 9.17) is 0 Å². The third-order valence-corrected chi connectivity index (χ3v) is 4.62. The fourth-order valence-corrected chi connectivity index (χ4v) is 2.94. The zero-order valence-corrected chi connectivity index (χ0v) is 15.6. The first-order chi connectivity index (χ1) is 11.4. The molecular weight excluding hydrogens is 298 g/mol. The molecule has 2 rings (SSSR count). The Kier molecular flexibility index (Phi) is 5.60. The lowest BCUT2D eigenvalue weighted by Crippen LogP contribution is -2.53. The molecule has 0 amide bonds. The number of aromatic nitrogens is 2. The summed E-state index contributed by atoms with van der Waals surface area (Å²) >= 11 is 0. The summed E-state index contributed by atoms with van der Waals surface area (Å²) in [7, 11) is 3.59. The van der Waals surface area contributed by atoms with Gasteiger partial charge in [-0.05, 0) is 57.0 Å². The Morgan fingerprint density at radius 2 is 1.79 bits per heavy atom. The van der Waals surface area contributed by atoms with Crippen LogP contribution in [0.15, 0.2) is 29.1 Å². The van der Waals surface area contributed by atoms with Crippen LogP contribution >= 0.6 is 0 Å². The minimum Gasteiger partial charge on any atom is -0.372 e. The topological polar surface area (TPSA) is 29.1 Å². The number of aryl methyl sites for hydroxylation is 2. The van der Waals surface area contributed by atoms with Crippen molar-refractivity contribution < 1.29 is 4.57 Å². The molecule has 0 bridgehead atoms. The monoisotopic (exact) mass is 326 g/mol. The third-order valence-electron chi connectivity index (χ3n) is 4.62. The van der Waals surface area contributed by atoms with Gasteiger partial charge in [0.2, 0.25) is 0 Å². The number of hydrogen-bond acceptors (Lipinski definition) is 2. The molecule has 1 aromatic heterocycles. The highest BCUT2D eigenvalue weighted by Gasteiger charge is 2.11. The van der Waals surface area contributed by atoms with Gasteiger partial charge in [-0.2, -0.15) is 13.9 Å². The lowest BCUT2D eigenvalue weighted by Gasteiger charge is -2.23. The van der Waals surface area contributed by atoms with Gasteiger partial charge in [0, 0.05) is 24.8 Å². The Bertz CT molecular complexity index is 814. The number of rotatable bonds is 5. The van der Waals surface area contributed by atoms with Crippen molar-refractivity contribution in [3.05, 3.63) is 57.3 Å². The fraction of sp³-hybridized carbons (Fsp3) is 0.400. The van der Waals surface area contributed by atoms with Gasteiger partial charge in [-0.25, -0.2) is 0 Å². The van der Waals surface area contributed by atoms with Gasteiger partial charge in [0.05, 0.1) is 14.1 Å². The van der Waals surface area contributed by atoms with E-state index >= 15 is 0 Å². The van der Waals surface area contributed by atoms with E-state index in [-0.39, 0.29) is 5.69 Å². The standard InChI is InChI=1S/C20H28N3O/c1-7-23(8-2)19-12-10-17(13-15(19)3)9-11-18-14-16(4)21(5)20(24)22(18)6/h9-14H,7-8H2,1-6H3/q+1. The van der Waals surface area contributed by atoms with Crippen LogP contribution in [-0.4, -0.2) is 17.7 Å². The molecule has 1 aromatic carbocycles. The van der Waals surface area contributed by atoms with Gasteiger partial charge in [-0.3, -0.25) is 0 Å². The van der Waals surface area contributed by atoms with Gasteiger partial charge in [0.25, 0.3) is 0 Å². The Morgan fingerprint density at radius 1 is 1.12 bits per heavy atom. The highest BCUT2D eigenvalue weighted by Crippen LogP contribution is 2.22. The SMILES string of the molecule is CCN(CC)c1ccc(C=Cc2cc(C)n(C)c(=O)[n+]2C)cc1C. The molecule has 2 aromatic rings. The van der Waals surface area contributed by atoms with Crippen LogP contribution in [0.5, 0.6) is 0 Å². The molecular formula is C20H28N3O+. The second kappa shape index (κ2) is 7.47. The molecule has 0 saturated heterocycles. The summed E-state index contributed by atoms with van der Waals surface area (Å²) in [5.41, 5.74) is 5.54. The van der Waals surface area contributed by atoms with Crippen molar-refractivity contribution in [1.29, 1.82) is 0 Å². The van der Waals surface area contributed by atoms with E-state index in [9.17, 15) is 4.79 Å². The summed E-state index contributed by atoms with van der Waals surface area (Å²) in [6.45, 7) is 10.5. The van der Waals surface area contributed by atoms with Crippen molar-refractivity contribution in [3.63, 3.8) is 0 Å². The molecule has 0 saturated carbocycles. The third kappa shape index (κ3) is 3.58. The minimum absolute atomic E-state index is 0.0114. The first-order valence-corrected chi connectivity index (χ1v) is 8.49. The van der Waals surface area contributed by atoms with E-state index in [1.54, 1.807) is 23.2 Å². The smallest absolute Gasteiger partial charge is 0.372 e. The van der Waals surface area contributed by atoms with E-state index in [1.165, 1.54) is 11.3 Å². The highest BCUT2D eigenvalue weighted by atomic mass is 16.1. The Hall–Kier alpha value is -2.36. The highest BCUT2D eigenvalue weighted by molar-refractivity contribution is 5.69. The van der Waals surface area contributed by atoms with E-state index < -0.39 is 0 Å². The second-order valence-electron chi connectivity index (χ2n) is 6.16. The Morgan fingerprint density at radius 3 is 2.38 bits per heavy atom. The summed E-state index contributed by atoms with van der Waals surface area (Å²) in [5, 5.41) is 0. The maximum absolute atomic E-state index is 12.1. The zero-order chi connectivity index (χ0) is 17.9. The lowest BCUT2D eigenvalue weighted by molar-refractivity contribution is -0.692. The minimum atomic E-state index is -0.0114. The van der Waals surface area contributed by atoms with Gasteiger partial charge in [-0.15, -0.1) is 0 Å². The molecule has 0 N–H and O–H groups in total. The molecule has 0 aliphatic heterocycles. The van der Waals surface area contributed by atoms with E-state index in [2.05, 4.69) is 49.9 Å². The quantitative estimate of drug-likeness (QED) is 0.791. The van der Waals surface area contributed by atoms with Crippen LogP contribution in [0.1, 0.15) is 36.4 Å². The average Bonchev–Trinajstić information content (AvgIpc) is 2.57. The normalized spacial score (nSPS) is 11.2. The van der Waals surface area contributed by atoms with Crippen molar-refractivity contribution >= 4 is 17.8 Å². The van der Waals surface area contributed by atoms with Gasteiger partial charge in [0.1, 0.15) is 11.4 Å². The summed E-state index contributed by atoms with van der Waals surface area (Å²) in [4.78, 5) is 14.5. The maximum Gasteiger partial charge on any atom is 0.498 e. The predicted molar refractivity (Wildman–Crippen MR) is 101 cm³/mol. The zero-order valence-electron chi connectivity index (χ0n) is 15.6. The van der Waals surface area contributed by atoms with Crippen LogP contribution in [0.3, 0.4) is 0 Å². The first kappa shape index (κ1) is 18.0. The fourth-order valence-electron chi connectivity index (χ4n) is 2.94. The molecule has 4 heteroatoms. The van der Waals surface area contributed by atoms with Gasteiger partial charge >= 0.3 is 5.69 Å². The van der Waals surface area contributed by atoms with Crippen molar-refractivity contribution in [3.8, 4) is 0 Å². The molecule has 0 atom stereocenters. The van der Waals surface area contributed by atoms with E-state index in [1.807, 2.05) is 19.1 Å². The lowest BCUT2D eigenvalue weighted by atomic mass is 10.1. The van der Waals surface area contributed by atoms with Crippen molar-refractivity contribution in [1.82, 2.24) is 4.57 Å². The average molecular weight is 326 g/mol. The predicted octanol–water partition coefficient (Wildman–Crippen LogP) is 2.84. The summed E-state index contributed by atoms with van der Waals surface area (Å²) in [6.07, 6.45) is 4.06. The second-order valence-corrected chi connectivity index (χ2v) is 6.16. The molecule has 0 aliphatic carbocycles. The van der Waals surface area contributed by atoms with Gasteiger partial charge < -0.3 is 4.90 Å². The number of benzene rings is 1. The molecule has 0 fully saturated rings. The van der Waals surface area contributed by atoms with Crippen LogP contribution in [0.25, 0.3) is 12.2 Å². The van der Waals surface area contributed by atoms with Crippen molar-refractivity contribution in [2.75, 3.05) is 18.0 Å². The van der Waals surface area contributed by atoms with Crippen LogP contribution < -0.4 is 15.2 Å². The number of nitrogens with zero attached hydrogens (tertiary/aromatic N) is 3. The van der Waals surface area contributed by atoms with Crippen molar-refractivity contribution in [2.24, 2.45) is 14.1 Å². The number of hydrogen-bond donors (Lipinski definition) is 0. The largest absolute Gasteiger partial charge is 0.498 e. The van der Waals surface area contributed by atoms with E-state index in [0.29, 0.717) is 0 Å². The van der Waals surface area contributed by atoms with E-state index in [0.717, 1.165) is 30.0 Å². The van der Waals surface area contributed by atoms with Crippen LogP contribution in [-0.2, 0) is 14.1 Å². The maximum atomic E-state index is 12.1. The van der Waals surface area contributed by atoms with Crippen LogP contribution in [0.4, 0.5) is 5.69 Å². The first-order valence-electron chi connectivity index (χ1n) is 8.49. The summed E-state index contributed by atoms with van der Waals surface area (Å²) in [6, 6.07) is 8.52. The summed E-state index contributed by atoms with van der Waals surface area (Å²) in [5.74, 6) is 0. The van der Waals surface area contributed by atoms with Gasteiger partial charge in [0.15, 0.2) is 0 Å².